The van der Waals surface area contributed by atoms with E-state index in [2.05, 4.69) is 36.2 Å². The third kappa shape index (κ3) is 4.22. The van der Waals surface area contributed by atoms with Crippen LogP contribution in [0.1, 0.15) is 12.0 Å². The van der Waals surface area contributed by atoms with Crippen molar-refractivity contribution in [2.24, 2.45) is 5.92 Å². The fourth-order valence-corrected chi connectivity index (χ4v) is 2.86. The fraction of sp³-hybridized carbons (Fsp3) is 0.533. The van der Waals surface area contributed by atoms with E-state index in [1.165, 1.54) is 5.56 Å². The van der Waals surface area contributed by atoms with Gasteiger partial charge in [0.2, 0.25) is 5.91 Å². The lowest BCUT2D eigenvalue weighted by molar-refractivity contribution is -0.127. The number of hydrogen-bond donors (Lipinski definition) is 0. The molecule has 4 heteroatoms. The molecule has 1 atom stereocenters. The number of carbonyl (C=O) groups excluding carboxylic acids is 1. The van der Waals surface area contributed by atoms with Gasteiger partial charge < -0.3 is 9.80 Å². The Hall–Kier alpha value is -1.06. The molecule has 0 radical (unpaired) electrons. The van der Waals surface area contributed by atoms with E-state index in [1.807, 2.05) is 11.0 Å². The van der Waals surface area contributed by atoms with Crippen LogP contribution in [0.3, 0.4) is 0 Å². The molecule has 0 aliphatic carbocycles. The molecular weight excluding hydrogens is 260 g/mol. The molecule has 1 aromatic rings. The highest BCUT2D eigenvalue weighted by atomic mass is 35.5. The fourth-order valence-electron chi connectivity index (χ4n) is 2.69. The van der Waals surface area contributed by atoms with Crippen LogP contribution in [0.15, 0.2) is 30.3 Å². The average Bonchev–Trinajstić information content (AvgIpc) is 2.87. The highest BCUT2D eigenvalue weighted by Gasteiger charge is 2.26. The predicted octanol–water partition coefficient (Wildman–Crippen LogP) is 2.21. The summed E-state index contributed by atoms with van der Waals surface area (Å²) in [6.45, 7) is 3.70. The van der Waals surface area contributed by atoms with Gasteiger partial charge in [0.15, 0.2) is 0 Å². The zero-order chi connectivity index (χ0) is 13.7. The summed E-state index contributed by atoms with van der Waals surface area (Å²) in [5.41, 5.74) is 1.33. The Morgan fingerprint density at radius 3 is 2.84 bits per heavy atom. The zero-order valence-corrected chi connectivity index (χ0v) is 12.1. The van der Waals surface area contributed by atoms with Crippen LogP contribution in [0.25, 0.3) is 0 Å². The van der Waals surface area contributed by atoms with E-state index in [-0.39, 0.29) is 11.8 Å². The van der Waals surface area contributed by atoms with Gasteiger partial charge in [0.05, 0.1) is 0 Å². The first-order chi connectivity index (χ1) is 9.19. The Balaban J connectivity index is 1.78. The summed E-state index contributed by atoms with van der Waals surface area (Å²) in [4.78, 5) is 15.7. The first-order valence-corrected chi connectivity index (χ1v) is 7.28. The van der Waals surface area contributed by atoms with Gasteiger partial charge in [-0.15, -0.1) is 11.6 Å². The van der Waals surface area contributed by atoms with E-state index in [4.69, 9.17) is 11.6 Å². The predicted molar refractivity (Wildman–Crippen MR) is 78.2 cm³/mol. The minimum absolute atomic E-state index is 0.0647. The number of halogens is 1. The maximum Gasteiger partial charge on any atom is 0.237 e. The van der Waals surface area contributed by atoms with Crippen LogP contribution >= 0.6 is 11.6 Å². The lowest BCUT2D eigenvalue weighted by Gasteiger charge is -2.21. The Morgan fingerprint density at radius 1 is 1.42 bits per heavy atom. The summed E-state index contributed by atoms with van der Waals surface area (Å²) in [6, 6.07) is 10.5. The maximum atomic E-state index is 11.5. The lowest BCUT2D eigenvalue weighted by atomic mass is 10.1. The number of nitrogens with zero attached hydrogens (tertiary/aromatic N) is 2. The number of benzene rings is 1. The molecule has 1 fully saturated rings. The van der Waals surface area contributed by atoms with E-state index in [9.17, 15) is 4.79 Å². The van der Waals surface area contributed by atoms with Crippen LogP contribution in [0, 0.1) is 5.92 Å². The Bertz CT molecular complexity index is 410. The first-order valence-electron chi connectivity index (χ1n) is 6.75. The second-order valence-corrected chi connectivity index (χ2v) is 5.58. The minimum Gasteiger partial charge on any atom is -0.341 e. The summed E-state index contributed by atoms with van der Waals surface area (Å²) >= 11 is 5.59. The van der Waals surface area contributed by atoms with Gasteiger partial charge in [-0.2, -0.15) is 0 Å². The second-order valence-electron chi connectivity index (χ2n) is 5.31. The van der Waals surface area contributed by atoms with E-state index >= 15 is 0 Å². The van der Waals surface area contributed by atoms with Gasteiger partial charge in [-0.3, -0.25) is 4.79 Å². The molecule has 2 rings (SSSR count). The Kier molecular flexibility index (Phi) is 5.23. The van der Waals surface area contributed by atoms with Crippen LogP contribution in [0.4, 0.5) is 0 Å². The summed E-state index contributed by atoms with van der Waals surface area (Å²) < 4.78 is 0. The molecule has 104 valence electrons. The molecule has 1 unspecified atom stereocenters. The van der Waals surface area contributed by atoms with Crippen molar-refractivity contribution in [3.05, 3.63) is 35.9 Å². The normalized spacial score (nSPS) is 19.1. The van der Waals surface area contributed by atoms with Crippen molar-refractivity contribution in [2.75, 3.05) is 32.6 Å². The molecule has 1 aromatic carbocycles. The van der Waals surface area contributed by atoms with E-state index in [0.29, 0.717) is 5.92 Å². The topological polar surface area (TPSA) is 23.6 Å². The molecule has 0 spiro atoms. The second kappa shape index (κ2) is 6.92. The van der Waals surface area contributed by atoms with Gasteiger partial charge in [-0.05, 0) is 24.9 Å². The van der Waals surface area contributed by atoms with Gasteiger partial charge in [0, 0.05) is 26.2 Å². The molecule has 1 aliphatic rings. The van der Waals surface area contributed by atoms with Crippen molar-refractivity contribution < 1.29 is 4.79 Å². The molecule has 0 aromatic heterocycles. The zero-order valence-electron chi connectivity index (χ0n) is 11.4. The van der Waals surface area contributed by atoms with Gasteiger partial charge in [0.1, 0.15) is 5.88 Å². The number of rotatable bonds is 5. The third-order valence-electron chi connectivity index (χ3n) is 3.62. The molecule has 1 heterocycles. The SMILES string of the molecule is CN(Cc1ccccc1)CC1CCN(C(=O)CCl)C1. The number of amides is 1. The molecule has 3 nitrogen and oxygen atoms in total. The van der Waals surface area contributed by atoms with Crippen molar-refractivity contribution in [1.29, 1.82) is 0 Å². The van der Waals surface area contributed by atoms with Crippen LogP contribution < -0.4 is 0 Å². The van der Waals surface area contributed by atoms with Crippen LogP contribution in [0.5, 0.6) is 0 Å². The number of hydrogen-bond acceptors (Lipinski definition) is 2. The quantitative estimate of drug-likeness (QED) is 0.772. The van der Waals surface area contributed by atoms with Crippen molar-refractivity contribution in [2.45, 2.75) is 13.0 Å². The summed E-state index contributed by atoms with van der Waals surface area (Å²) in [6.07, 6.45) is 1.09. The third-order valence-corrected chi connectivity index (χ3v) is 3.85. The van der Waals surface area contributed by atoms with Crippen LogP contribution in [0.2, 0.25) is 0 Å². The molecule has 0 N–H and O–H groups in total. The Morgan fingerprint density at radius 2 is 2.16 bits per heavy atom. The summed E-state index contributed by atoms with van der Waals surface area (Å²) in [7, 11) is 2.14. The molecule has 19 heavy (non-hydrogen) atoms. The van der Waals surface area contributed by atoms with Gasteiger partial charge in [-0.1, -0.05) is 30.3 Å². The van der Waals surface area contributed by atoms with Crippen molar-refractivity contribution in [3.8, 4) is 0 Å². The first kappa shape index (κ1) is 14.4. The molecule has 1 aliphatic heterocycles. The van der Waals surface area contributed by atoms with E-state index < -0.39 is 0 Å². The largest absolute Gasteiger partial charge is 0.341 e. The smallest absolute Gasteiger partial charge is 0.237 e. The molecule has 1 saturated heterocycles. The Labute approximate surface area is 120 Å². The summed E-state index contributed by atoms with van der Waals surface area (Å²) in [5, 5.41) is 0. The molecule has 1 amide bonds. The maximum absolute atomic E-state index is 11.5. The molecular formula is C15H21ClN2O. The van der Waals surface area contributed by atoms with E-state index in [1.54, 1.807) is 0 Å². The highest BCUT2D eigenvalue weighted by Crippen LogP contribution is 2.18. The standard InChI is InChI=1S/C15H21ClN2O/c1-17(10-13-5-3-2-4-6-13)11-14-7-8-18(12-14)15(19)9-16/h2-6,14H,7-12H2,1H3. The van der Waals surface area contributed by atoms with Crippen LogP contribution in [-0.2, 0) is 11.3 Å². The lowest BCUT2D eigenvalue weighted by Crippen LogP contribution is -2.32. The average molecular weight is 281 g/mol. The minimum atomic E-state index is 0.0647. The van der Waals surface area contributed by atoms with Crippen molar-refractivity contribution >= 4 is 17.5 Å². The summed E-state index contributed by atoms with van der Waals surface area (Å²) in [5.74, 6) is 0.739. The van der Waals surface area contributed by atoms with Gasteiger partial charge >= 0.3 is 0 Å². The molecule has 0 saturated carbocycles. The van der Waals surface area contributed by atoms with Gasteiger partial charge in [-0.25, -0.2) is 0 Å². The van der Waals surface area contributed by atoms with Crippen molar-refractivity contribution in [1.82, 2.24) is 9.80 Å². The molecule has 0 bridgehead atoms. The highest BCUT2D eigenvalue weighted by molar-refractivity contribution is 6.27. The van der Waals surface area contributed by atoms with Crippen molar-refractivity contribution in [3.63, 3.8) is 0 Å². The number of carbonyl (C=O) groups is 1. The number of alkyl halides is 1. The monoisotopic (exact) mass is 280 g/mol. The van der Waals surface area contributed by atoms with E-state index in [0.717, 1.165) is 32.6 Å². The van der Waals surface area contributed by atoms with Crippen LogP contribution in [-0.4, -0.2) is 48.3 Å². The number of likely N-dealkylation sites (tertiary alicyclic amines) is 1. The van der Waals surface area contributed by atoms with Gasteiger partial charge in [0.25, 0.3) is 0 Å².